The molecule has 23 heavy (non-hydrogen) atoms. The molecule has 1 saturated heterocycles. The number of amides is 2. The van der Waals surface area contributed by atoms with Gasteiger partial charge in [-0.3, -0.25) is 9.59 Å². The fraction of sp³-hybridized carbons (Fsp3) is 0.400. The quantitative estimate of drug-likeness (QED) is 0.914. The van der Waals surface area contributed by atoms with E-state index >= 15 is 0 Å². The number of hydrogen-bond donors (Lipinski definition) is 1. The number of nitriles is 1. The Morgan fingerprint density at radius 1 is 1.22 bits per heavy atom. The van der Waals surface area contributed by atoms with Gasteiger partial charge in [0.15, 0.2) is 11.6 Å². The largest absolute Gasteiger partial charge is 0.363 e. The third kappa shape index (κ3) is 3.94. The maximum Gasteiger partial charge on any atom is 0.238 e. The zero-order valence-corrected chi connectivity index (χ0v) is 12.6. The molecule has 1 N–H and O–H groups in total. The Labute approximate surface area is 132 Å². The molecule has 0 atom stereocenters. The Morgan fingerprint density at radius 2 is 1.78 bits per heavy atom. The van der Waals surface area contributed by atoms with Crippen molar-refractivity contribution in [1.29, 1.82) is 5.26 Å². The minimum Gasteiger partial charge on any atom is -0.363 e. The molecule has 1 heterocycles. The van der Waals surface area contributed by atoms with Gasteiger partial charge in [-0.15, -0.1) is 0 Å². The van der Waals surface area contributed by atoms with Gasteiger partial charge in [-0.25, -0.2) is 8.78 Å². The van der Waals surface area contributed by atoms with Gasteiger partial charge in [-0.05, 0) is 12.1 Å². The van der Waals surface area contributed by atoms with Crippen LogP contribution in [-0.2, 0) is 9.59 Å². The molecule has 2 rings (SSSR count). The predicted molar refractivity (Wildman–Crippen MR) is 79.7 cm³/mol. The maximum absolute atomic E-state index is 14.2. The zero-order valence-electron chi connectivity index (χ0n) is 12.6. The highest BCUT2D eigenvalue weighted by molar-refractivity contribution is 5.92. The smallest absolute Gasteiger partial charge is 0.238 e. The summed E-state index contributed by atoms with van der Waals surface area (Å²) in [4.78, 5) is 25.7. The molecular formula is C15H16F2N4O2. The van der Waals surface area contributed by atoms with Crippen molar-refractivity contribution in [2.24, 2.45) is 0 Å². The molecule has 0 spiro atoms. The zero-order chi connectivity index (χ0) is 17.0. The lowest BCUT2D eigenvalue weighted by molar-refractivity contribution is -0.129. The number of rotatable bonds is 3. The highest BCUT2D eigenvalue weighted by atomic mass is 19.1. The van der Waals surface area contributed by atoms with Gasteiger partial charge in [0, 0.05) is 38.8 Å². The molecule has 0 aromatic heterocycles. The summed E-state index contributed by atoms with van der Waals surface area (Å²) in [6, 6.07) is 3.69. The Bertz CT molecular complexity index is 641. The molecule has 0 radical (unpaired) electrons. The molecule has 1 fully saturated rings. The van der Waals surface area contributed by atoms with Crippen molar-refractivity contribution in [3.8, 4) is 6.07 Å². The minimum atomic E-state index is -0.798. The van der Waals surface area contributed by atoms with Gasteiger partial charge < -0.3 is 15.1 Å². The fourth-order valence-corrected chi connectivity index (χ4v) is 2.46. The number of carbonyl (C=O) groups is 2. The number of nitrogens with one attached hydrogen (secondary N) is 1. The first-order valence-electron chi connectivity index (χ1n) is 7.08. The molecule has 0 unspecified atom stereocenters. The Kier molecular flexibility index (Phi) is 5.11. The first-order valence-corrected chi connectivity index (χ1v) is 7.08. The molecule has 0 bridgehead atoms. The van der Waals surface area contributed by atoms with Crippen LogP contribution in [0.3, 0.4) is 0 Å². The predicted octanol–water partition coefficient (Wildman–Crippen LogP) is 1.49. The minimum absolute atomic E-state index is 0.0358. The first-order chi connectivity index (χ1) is 10.9. The molecule has 2 amide bonds. The molecule has 0 aliphatic carbocycles. The van der Waals surface area contributed by atoms with E-state index in [1.54, 1.807) is 11.0 Å². The van der Waals surface area contributed by atoms with Crippen LogP contribution in [0.2, 0.25) is 0 Å². The third-order valence-electron chi connectivity index (χ3n) is 3.58. The van der Waals surface area contributed by atoms with Crippen molar-refractivity contribution >= 4 is 23.2 Å². The van der Waals surface area contributed by atoms with E-state index in [1.807, 2.05) is 0 Å². The molecule has 8 heteroatoms. The topological polar surface area (TPSA) is 76.4 Å². The van der Waals surface area contributed by atoms with Crippen LogP contribution in [0.25, 0.3) is 0 Å². The summed E-state index contributed by atoms with van der Waals surface area (Å²) in [5.41, 5.74) is -0.210. The van der Waals surface area contributed by atoms with E-state index < -0.39 is 24.0 Å². The van der Waals surface area contributed by atoms with Crippen molar-refractivity contribution in [3.05, 3.63) is 23.8 Å². The second-order valence-electron chi connectivity index (χ2n) is 5.16. The van der Waals surface area contributed by atoms with E-state index in [0.29, 0.717) is 26.2 Å². The summed E-state index contributed by atoms with van der Waals surface area (Å²) in [6.07, 6.45) is -0.391. The van der Waals surface area contributed by atoms with E-state index in [0.717, 1.165) is 12.1 Å². The van der Waals surface area contributed by atoms with Crippen molar-refractivity contribution in [3.63, 3.8) is 0 Å². The van der Waals surface area contributed by atoms with E-state index in [-0.39, 0.29) is 17.3 Å². The summed E-state index contributed by atoms with van der Waals surface area (Å²) in [5.74, 6) is -2.29. The lowest BCUT2D eigenvalue weighted by atomic mass is 10.2. The number of carbonyl (C=O) groups excluding carboxylic acids is 2. The molecule has 1 aromatic rings. The molecule has 1 aliphatic heterocycles. The molecule has 122 valence electrons. The number of halogens is 2. The van der Waals surface area contributed by atoms with Crippen molar-refractivity contribution in [2.75, 3.05) is 36.4 Å². The summed E-state index contributed by atoms with van der Waals surface area (Å²) in [6.45, 7) is 2.90. The Balaban J connectivity index is 2.14. The van der Waals surface area contributed by atoms with Crippen LogP contribution < -0.4 is 10.2 Å². The van der Waals surface area contributed by atoms with Crippen molar-refractivity contribution < 1.29 is 18.4 Å². The van der Waals surface area contributed by atoms with E-state index in [1.165, 1.54) is 11.8 Å². The van der Waals surface area contributed by atoms with E-state index in [9.17, 15) is 18.4 Å². The molecular weight excluding hydrogens is 306 g/mol. The maximum atomic E-state index is 14.2. The Hall–Kier alpha value is -2.69. The second-order valence-corrected chi connectivity index (χ2v) is 5.16. The van der Waals surface area contributed by atoms with Gasteiger partial charge in [-0.2, -0.15) is 5.26 Å². The van der Waals surface area contributed by atoms with Crippen molar-refractivity contribution in [2.45, 2.75) is 13.3 Å². The summed E-state index contributed by atoms with van der Waals surface area (Å²) >= 11 is 0. The van der Waals surface area contributed by atoms with Crippen LogP contribution in [0.5, 0.6) is 0 Å². The van der Waals surface area contributed by atoms with Gasteiger partial charge >= 0.3 is 0 Å². The van der Waals surface area contributed by atoms with Gasteiger partial charge in [0.05, 0.1) is 6.07 Å². The van der Waals surface area contributed by atoms with Crippen LogP contribution in [-0.4, -0.2) is 42.9 Å². The van der Waals surface area contributed by atoms with E-state index in [4.69, 9.17) is 5.26 Å². The number of nitrogens with zero attached hydrogens (tertiary/aromatic N) is 3. The molecule has 0 saturated carbocycles. The van der Waals surface area contributed by atoms with E-state index in [2.05, 4.69) is 5.32 Å². The highest BCUT2D eigenvalue weighted by Gasteiger charge is 2.24. The fourth-order valence-electron chi connectivity index (χ4n) is 2.46. The average molecular weight is 322 g/mol. The van der Waals surface area contributed by atoms with Gasteiger partial charge in [-0.1, -0.05) is 0 Å². The number of anilines is 2. The van der Waals surface area contributed by atoms with Crippen LogP contribution in [0.1, 0.15) is 13.3 Å². The molecule has 1 aromatic carbocycles. The van der Waals surface area contributed by atoms with Gasteiger partial charge in [0.2, 0.25) is 11.8 Å². The summed E-state index contributed by atoms with van der Waals surface area (Å²) in [5, 5.41) is 10.7. The van der Waals surface area contributed by atoms with Gasteiger partial charge in [0.1, 0.15) is 12.1 Å². The SMILES string of the molecule is CC(=O)N1CCN(c2c(F)cc(NC(=O)CC#N)cc2F)CC1. The average Bonchev–Trinajstić information content (AvgIpc) is 2.47. The molecule has 1 aliphatic rings. The van der Waals surface area contributed by atoms with Crippen molar-refractivity contribution in [1.82, 2.24) is 4.90 Å². The number of benzene rings is 1. The monoisotopic (exact) mass is 322 g/mol. The summed E-state index contributed by atoms with van der Waals surface area (Å²) < 4.78 is 28.4. The van der Waals surface area contributed by atoms with Crippen LogP contribution >= 0.6 is 0 Å². The standard InChI is InChI=1S/C15H16F2N4O2/c1-10(22)20-4-6-21(7-5-20)15-12(16)8-11(9-13(15)17)19-14(23)2-3-18/h8-9H,2,4-7H2,1H3,(H,19,23). The Morgan fingerprint density at radius 3 is 2.26 bits per heavy atom. The second kappa shape index (κ2) is 7.05. The van der Waals surface area contributed by atoms with Gasteiger partial charge in [0.25, 0.3) is 0 Å². The first kappa shape index (κ1) is 16.7. The summed E-state index contributed by atoms with van der Waals surface area (Å²) in [7, 11) is 0. The lowest BCUT2D eigenvalue weighted by Crippen LogP contribution is -2.48. The number of piperazine rings is 1. The normalized spacial score (nSPS) is 14.3. The lowest BCUT2D eigenvalue weighted by Gasteiger charge is -2.35. The van der Waals surface area contributed by atoms with Crippen LogP contribution in [0, 0.1) is 23.0 Å². The highest BCUT2D eigenvalue weighted by Crippen LogP contribution is 2.28. The van der Waals surface area contributed by atoms with Crippen LogP contribution in [0.4, 0.5) is 20.2 Å². The third-order valence-corrected chi connectivity index (χ3v) is 3.58. The number of hydrogen-bond acceptors (Lipinski definition) is 4. The van der Waals surface area contributed by atoms with Crippen LogP contribution in [0.15, 0.2) is 12.1 Å². The molecule has 6 nitrogen and oxygen atoms in total.